The molecule has 0 atom stereocenters. The molecule has 0 radical (unpaired) electrons. The molecule has 7 nitrogen and oxygen atoms in total. The minimum atomic E-state index is -0.494. The van der Waals surface area contributed by atoms with Crippen molar-refractivity contribution in [1.82, 2.24) is 19.7 Å². The fourth-order valence-corrected chi connectivity index (χ4v) is 2.81. The van der Waals surface area contributed by atoms with Gasteiger partial charge in [-0.1, -0.05) is 29.4 Å². The van der Waals surface area contributed by atoms with Crippen LogP contribution < -0.4 is 0 Å². The highest BCUT2D eigenvalue weighted by molar-refractivity contribution is 7.99. The molecule has 1 amide bonds. The van der Waals surface area contributed by atoms with Crippen LogP contribution in [0.1, 0.15) is 0 Å². The van der Waals surface area contributed by atoms with E-state index in [4.69, 9.17) is 16.3 Å². The van der Waals surface area contributed by atoms with Crippen LogP contribution in [0.3, 0.4) is 0 Å². The summed E-state index contributed by atoms with van der Waals surface area (Å²) in [4.78, 5) is 24.6. The van der Waals surface area contributed by atoms with Crippen LogP contribution in [-0.4, -0.2) is 58.0 Å². The number of carbonyl (C=O) groups excluding carboxylic acids is 2. The van der Waals surface area contributed by atoms with Crippen molar-refractivity contribution < 1.29 is 14.3 Å². The summed E-state index contributed by atoms with van der Waals surface area (Å²) < 4.78 is 6.79. The summed E-state index contributed by atoms with van der Waals surface area (Å²) >= 11 is 7.11. The van der Waals surface area contributed by atoms with E-state index in [0.29, 0.717) is 22.5 Å². The lowest BCUT2D eigenvalue weighted by molar-refractivity contribution is -0.148. The molecule has 26 heavy (non-hydrogen) atoms. The van der Waals surface area contributed by atoms with Crippen LogP contribution in [0, 0.1) is 0 Å². The fraction of sp³-hybridized carbons (Fsp3) is 0.294. The first-order chi connectivity index (χ1) is 12.4. The number of hydrogen-bond acceptors (Lipinski definition) is 6. The first-order valence-electron chi connectivity index (χ1n) is 7.71. The van der Waals surface area contributed by atoms with Crippen molar-refractivity contribution in [1.29, 1.82) is 0 Å². The maximum Gasteiger partial charge on any atom is 0.316 e. The number of nitrogens with zero attached hydrogens (tertiary/aromatic N) is 4. The second-order valence-electron chi connectivity index (χ2n) is 5.45. The Kier molecular flexibility index (Phi) is 7.23. The molecule has 138 valence electrons. The van der Waals surface area contributed by atoms with E-state index in [1.54, 1.807) is 32.3 Å². The van der Waals surface area contributed by atoms with E-state index in [0.717, 1.165) is 5.56 Å². The summed E-state index contributed by atoms with van der Waals surface area (Å²) in [6, 6.07) is 7.24. The molecule has 0 saturated heterocycles. The van der Waals surface area contributed by atoms with Crippen LogP contribution in [0.2, 0.25) is 5.02 Å². The summed E-state index contributed by atoms with van der Waals surface area (Å²) in [5.41, 5.74) is 0.856. The number of allylic oxidation sites excluding steroid dienone is 1. The Hall–Kier alpha value is -2.32. The normalized spacial score (nSPS) is 10.4. The number of carbonyl (C=O) groups is 2. The number of ether oxygens (including phenoxy) is 1. The molecule has 2 rings (SSSR count). The van der Waals surface area contributed by atoms with Crippen LogP contribution in [0.25, 0.3) is 11.4 Å². The first kappa shape index (κ1) is 20.0. The molecule has 0 N–H and O–H groups in total. The van der Waals surface area contributed by atoms with Crippen LogP contribution in [-0.2, 0) is 20.9 Å². The summed E-state index contributed by atoms with van der Waals surface area (Å²) in [6.07, 6.45) is 1.72. The van der Waals surface area contributed by atoms with Crippen LogP contribution in [0.4, 0.5) is 0 Å². The number of rotatable bonds is 8. The molecule has 0 aliphatic heterocycles. The molecule has 0 unspecified atom stereocenters. The summed E-state index contributed by atoms with van der Waals surface area (Å²) in [5, 5.41) is 9.53. The Balaban J connectivity index is 2.05. The molecule has 1 heterocycles. The topological polar surface area (TPSA) is 77.3 Å². The molecular weight excluding hydrogens is 376 g/mol. The van der Waals surface area contributed by atoms with Gasteiger partial charge >= 0.3 is 5.97 Å². The predicted octanol–water partition coefficient (Wildman–Crippen LogP) is 2.51. The Morgan fingerprint density at radius 3 is 2.62 bits per heavy atom. The average molecular weight is 395 g/mol. The molecule has 2 aromatic rings. The van der Waals surface area contributed by atoms with Crippen molar-refractivity contribution in [2.24, 2.45) is 0 Å². The number of esters is 1. The van der Waals surface area contributed by atoms with Crippen molar-refractivity contribution in [2.75, 3.05) is 26.5 Å². The van der Waals surface area contributed by atoms with Crippen molar-refractivity contribution in [3.05, 3.63) is 41.9 Å². The number of halogens is 1. The van der Waals surface area contributed by atoms with E-state index in [9.17, 15) is 9.59 Å². The van der Waals surface area contributed by atoms with E-state index < -0.39 is 5.97 Å². The number of benzene rings is 1. The summed E-state index contributed by atoms with van der Waals surface area (Å²) in [7, 11) is 3.20. The van der Waals surface area contributed by atoms with Gasteiger partial charge in [-0.2, -0.15) is 0 Å². The third-order valence-corrected chi connectivity index (χ3v) is 4.50. The maximum atomic E-state index is 11.8. The second kappa shape index (κ2) is 9.40. The van der Waals surface area contributed by atoms with Crippen LogP contribution in [0.5, 0.6) is 0 Å². The second-order valence-corrected chi connectivity index (χ2v) is 6.83. The Morgan fingerprint density at radius 2 is 2.00 bits per heavy atom. The zero-order valence-electron chi connectivity index (χ0n) is 14.5. The zero-order valence-corrected chi connectivity index (χ0v) is 16.1. The van der Waals surface area contributed by atoms with Crippen molar-refractivity contribution in [3.8, 4) is 11.4 Å². The van der Waals surface area contributed by atoms with Gasteiger partial charge in [0.25, 0.3) is 5.91 Å². The molecule has 1 aromatic carbocycles. The maximum absolute atomic E-state index is 11.8. The van der Waals surface area contributed by atoms with Gasteiger partial charge in [0.15, 0.2) is 17.6 Å². The SMILES string of the molecule is C=CCn1c(SCC(=O)OCC(=O)N(C)C)nnc1-c1ccc(Cl)cc1. The fourth-order valence-electron chi connectivity index (χ4n) is 1.94. The molecule has 0 fully saturated rings. The molecular formula is C17H19ClN4O3S. The third kappa shape index (κ3) is 5.34. The van der Waals surface area contributed by atoms with Crippen molar-refractivity contribution in [2.45, 2.75) is 11.7 Å². The van der Waals surface area contributed by atoms with Crippen molar-refractivity contribution in [3.63, 3.8) is 0 Å². The Labute approximate surface area is 161 Å². The molecule has 0 saturated carbocycles. The number of likely N-dealkylation sites (N-methyl/N-ethyl adjacent to an activating group) is 1. The van der Waals surface area contributed by atoms with E-state index in [-0.39, 0.29) is 18.3 Å². The highest BCUT2D eigenvalue weighted by Gasteiger charge is 2.16. The smallest absolute Gasteiger partial charge is 0.316 e. The van der Waals surface area contributed by atoms with Gasteiger partial charge in [0.05, 0.1) is 5.75 Å². The zero-order chi connectivity index (χ0) is 19.1. The minimum Gasteiger partial charge on any atom is -0.455 e. The Bertz CT molecular complexity index is 790. The van der Waals surface area contributed by atoms with Crippen LogP contribution >= 0.6 is 23.4 Å². The van der Waals surface area contributed by atoms with Crippen LogP contribution in [0.15, 0.2) is 42.1 Å². The lowest BCUT2D eigenvalue weighted by atomic mass is 10.2. The van der Waals surface area contributed by atoms with Gasteiger partial charge in [-0.25, -0.2) is 0 Å². The molecule has 0 spiro atoms. The van der Waals surface area contributed by atoms with Gasteiger partial charge in [0, 0.05) is 31.2 Å². The third-order valence-electron chi connectivity index (χ3n) is 3.31. The molecule has 1 aromatic heterocycles. The summed E-state index contributed by atoms with van der Waals surface area (Å²) in [6.45, 7) is 3.96. The van der Waals surface area contributed by atoms with E-state index in [1.807, 2.05) is 16.7 Å². The average Bonchev–Trinajstić information content (AvgIpc) is 3.01. The minimum absolute atomic E-state index is 0.0244. The van der Waals surface area contributed by atoms with Gasteiger partial charge in [-0.05, 0) is 24.3 Å². The first-order valence-corrected chi connectivity index (χ1v) is 9.07. The monoisotopic (exact) mass is 394 g/mol. The quantitative estimate of drug-likeness (QED) is 0.389. The van der Waals surface area contributed by atoms with Gasteiger partial charge in [-0.3, -0.25) is 14.2 Å². The number of aromatic nitrogens is 3. The molecule has 0 bridgehead atoms. The highest BCUT2D eigenvalue weighted by atomic mass is 35.5. The predicted molar refractivity (Wildman–Crippen MR) is 101 cm³/mol. The van der Waals surface area contributed by atoms with E-state index in [1.165, 1.54) is 16.7 Å². The van der Waals surface area contributed by atoms with Gasteiger partial charge in [0.2, 0.25) is 0 Å². The standard InChI is InChI=1S/C17H19ClN4O3S/c1-4-9-22-16(12-5-7-13(18)8-6-12)19-20-17(22)26-11-15(24)25-10-14(23)21(2)3/h4-8H,1,9-11H2,2-3H3. The van der Waals surface area contributed by atoms with E-state index in [2.05, 4.69) is 16.8 Å². The number of hydrogen-bond donors (Lipinski definition) is 0. The lowest BCUT2D eigenvalue weighted by Crippen LogP contribution is -2.28. The van der Waals surface area contributed by atoms with Gasteiger partial charge in [0.1, 0.15) is 0 Å². The number of thioether (sulfide) groups is 1. The van der Waals surface area contributed by atoms with Gasteiger partial charge < -0.3 is 9.64 Å². The summed E-state index contributed by atoms with van der Waals surface area (Å²) in [5.74, 6) is -0.0915. The lowest BCUT2D eigenvalue weighted by Gasteiger charge is -2.10. The highest BCUT2D eigenvalue weighted by Crippen LogP contribution is 2.25. The van der Waals surface area contributed by atoms with Crippen molar-refractivity contribution >= 4 is 35.2 Å². The number of amides is 1. The van der Waals surface area contributed by atoms with Gasteiger partial charge in [-0.15, -0.1) is 16.8 Å². The largest absolute Gasteiger partial charge is 0.455 e. The molecule has 9 heteroatoms. The molecule has 0 aliphatic rings. The Morgan fingerprint density at radius 1 is 1.31 bits per heavy atom. The van der Waals surface area contributed by atoms with E-state index >= 15 is 0 Å². The molecule has 0 aliphatic carbocycles.